The molecule has 0 saturated heterocycles. The molecular weight excluding hydrogens is 321 g/mol. The fourth-order valence-corrected chi connectivity index (χ4v) is 3.28. The number of nitrogens with one attached hydrogen (secondary N) is 2. The van der Waals surface area contributed by atoms with E-state index >= 15 is 0 Å². The van der Waals surface area contributed by atoms with Crippen molar-refractivity contribution in [1.29, 1.82) is 0 Å². The van der Waals surface area contributed by atoms with Gasteiger partial charge in [-0.3, -0.25) is 9.78 Å². The second-order valence-electron chi connectivity index (χ2n) is 6.22. The van der Waals surface area contributed by atoms with E-state index in [1.807, 2.05) is 30.3 Å². The average molecular weight is 337 g/mol. The molecule has 0 amide bonds. The molecule has 5 nitrogen and oxygen atoms in total. The first-order chi connectivity index (χ1) is 12.0. The van der Waals surface area contributed by atoms with Crippen LogP contribution in [0.2, 0.25) is 0 Å². The molecule has 0 aliphatic carbocycles. The first-order valence-electron chi connectivity index (χ1n) is 8.00. The van der Waals surface area contributed by atoms with E-state index in [-0.39, 0.29) is 11.7 Å². The predicted octanol–water partition coefficient (Wildman–Crippen LogP) is 2.68. The fraction of sp³-hybridized carbons (Fsp3) is 0.158. The van der Waals surface area contributed by atoms with E-state index in [0.717, 1.165) is 10.1 Å². The van der Waals surface area contributed by atoms with Crippen LogP contribution >= 0.6 is 0 Å². The largest absolute Gasteiger partial charge is 0.364 e. The third-order valence-electron chi connectivity index (χ3n) is 4.41. The Morgan fingerprint density at radius 1 is 1.12 bits per heavy atom. The number of H-pyrrole nitrogens is 1. The van der Waals surface area contributed by atoms with E-state index in [1.54, 1.807) is 13.0 Å². The molecule has 25 heavy (non-hydrogen) atoms. The summed E-state index contributed by atoms with van der Waals surface area (Å²) in [6.07, 6.45) is 0.462. The third-order valence-corrected chi connectivity index (χ3v) is 4.41. The number of aromatic nitrogens is 2. The van der Waals surface area contributed by atoms with E-state index in [0.29, 0.717) is 23.4 Å². The number of hydrogen-bond acceptors (Lipinski definition) is 3. The Labute approximate surface area is 142 Å². The molecule has 4 rings (SSSR count). The highest BCUT2D eigenvalue weighted by Crippen LogP contribution is 2.30. The standard InChI is InChI=1S/C19H16FN3O2/c1-11-7-13(20)9-14(8-11)23-18(24)15-10-16(12-5-3-2-4-6-12)21-17(15)22-19(23)25/h2-9,16,21H,10H2,1H3,(H,22,25)/t16-/m0/s1. The van der Waals surface area contributed by atoms with Crippen molar-refractivity contribution in [2.24, 2.45) is 0 Å². The van der Waals surface area contributed by atoms with Crippen molar-refractivity contribution < 1.29 is 4.39 Å². The van der Waals surface area contributed by atoms with Gasteiger partial charge in [0.15, 0.2) is 0 Å². The molecule has 6 heteroatoms. The van der Waals surface area contributed by atoms with Crippen LogP contribution in [-0.2, 0) is 6.42 Å². The Morgan fingerprint density at radius 3 is 2.60 bits per heavy atom. The predicted molar refractivity (Wildman–Crippen MR) is 93.9 cm³/mol. The minimum Gasteiger partial charge on any atom is -0.364 e. The van der Waals surface area contributed by atoms with Gasteiger partial charge >= 0.3 is 5.69 Å². The second kappa shape index (κ2) is 5.73. The quantitative estimate of drug-likeness (QED) is 0.755. The number of aromatic amines is 1. The summed E-state index contributed by atoms with van der Waals surface area (Å²) in [5, 5.41) is 3.19. The van der Waals surface area contributed by atoms with Gasteiger partial charge in [0, 0.05) is 6.42 Å². The van der Waals surface area contributed by atoms with Gasteiger partial charge in [-0.2, -0.15) is 0 Å². The lowest BCUT2D eigenvalue weighted by Crippen LogP contribution is -2.35. The van der Waals surface area contributed by atoms with Gasteiger partial charge in [0.2, 0.25) is 0 Å². The Kier molecular flexibility index (Phi) is 3.53. The zero-order valence-corrected chi connectivity index (χ0v) is 13.5. The number of aryl methyl sites for hydroxylation is 1. The van der Waals surface area contributed by atoms with Gasteiger partial charge in [-0.1, -0.05) is 30.3 Å². The highest BCUT2D eigenvalue weighted by molar-refractivity contribution is 5.52. The van der Waals surface area contributed by atoms with Crippen LogP contribution in [0.15, 0.2) is 58.1 Å². The van der Waals surface area contributed by atoms with Crippen molar-refractivity contribution >= 4 is 5.82 Å². The van der Waals surface area contributed by atoms with Gasteiger partial charge in [-0.05, 0) is 36.2 Å². The summed E-state index contributed by atoms with van der Waals surface area (Å²) >= 11 is 0. The van der Waals surface area contributed by atoms with Crippen LogP contribution in [0.1, 0.15) is 22.7 Å². The molecule has 0 radical (unpaired) electrons. The summed E-state index contributed by atoms with van der Waals surface area (Å²) in [7, 11) is 0. The smallest absolute Gasteiger partial charge is 0.334 e. The number of hydrogen-bond donors (Lipinski definition) is 2. The molecule has 1 aliphatic rings. The molecule has 3 aromatic rings. The van der Waals surface area contributed by atoms with Crippen LogP contribution in [0.3, 0.4) is 0 Å². The summed E-state index contributed by atoms with van der Waals surface area (Å²) in [6, 6.07) is 13.8. The summed E-state index contributed by atoms with van der Waals surface area (Å²) in [5.74, 6) is -0.0460. The molecule has 2 aromatic carbocycles. The van der Waals surface area contributed by atoms with E-state index in [9.17, 15) is 14.0 Å². The maximum absolute atomic E-state index is 13.7. The normalized spacial score (nSPS) is 15.7. The number of fused-ring (bicyclic) bond motifs is 1. The fourth-order valence-electron chi connectivity index (χ4n) is 3.28. The summed E-state index contributed by atoms with van der Waals surface area (Å²) in [6.45, 7) is 1.71. The molecule has 0 saturated carbocycles. The van der Waals surface area contributed by atoms with Crippen LogP contribution in [0.25, 0.3) is 5.69 Å². The summed E-state index contributed by atoms with van der Waals surface area (Å²) in [5.41, 5.74) is 1.39. The van der Waals surface area contributed by atoms with Gasteiger partial charge in [0.25, 0.3) is 5.56 Å². The highest BCUT2D eigenvalue weighted by atomic mass is 19.1. The molecule has 0 fully saturated rings. The van der Waals surface area contributed by atoms with Gasteiger partial charge in [-0.25, -0.2) is 13.8 Å². The number of halogens is 1. The monoisotopic (exact) mass is 337 g/mol. The maximum Gasteiger partial charge on any atom is 0.334 e. The minimum atomic E-state index is -0.588. The lowest BCUT2D eigenvalue weighted by molar-refractivity contribution is 0.624. The van der Waals surface area contributed by atoms with Crippen molar-refractivity contribution in [1.82, 2.24) is 9.55 Å². The van der Waals surface area contributed by atoms with E-state index in [1.165, 1.54) is 12.1 Å². The SMILES string of the molecule is Cc1cc(F)cc(-n2c(=O)[nH]c3c(c2=O)C[C@@H](c2ccccc2)N3)c1. The molecule has 0 bridgehead atoms. The summed E-state index contributed by atoms with van der Waals surface area (Å²) in [4.78, 5) is 28.0. The molecule has 0 spiro atoms. The van der Waals surface area contributed by atoms with Crippen molar-refractivity contribution in [2.75, 3.05) is 5.32 Å². The molecule has 0 unspecified atom stereocenters. The van der Waals surface area contributed by atoms with E-state index in [2.05, 4.69) is 10.3 Å². The van der Waals surface area contributed by atoms with E-state index < -0.39 is 17.1 Å². The maximum atomic E-state index is 13.7. The zero-order chi connectivity index (χ0) is 17.6. The Bertz CT molecular complexity index is 1050. The average Bonchev–Trinajstić information content (AvgIpc) is 2.99. The number of benzene rings is 2. The van der Waals surface area contributed by atoms with Crippen molar-refractivity contribution in [3.63, 3.8) is 0 Å². The third kappa shape index (κ3) is 2.65. The van der Waals surface area contributed by atoms with E-state index in [4.69, 9.17) is 0 Å². The molecule has 2 N–H and O–H groups in total. The van der Waals surface area contributed by atoms with Gasteiger partial charge in [0.1, 0.15) is 11.6 Å². The minimum absolute atomic E-state index is 0.0790. The molecule has 2 heterocycles. The Hall–Kier alpha value is -3.15. The second-order valence-corrected chi connectivity index (χ2v) is 6.22. The Balaban J connectivity index is 1.82. The molecule has 1 aromatic heterocycles. The molecule has 1 aliphatic heterocycles. The lowest BCUT2D eigenvalue weighted by Gasteiger charge is -2.10. The van der Waals surface area contributed by atoms with Crippen molar-refractivity contribution in [2.45, 2.75) is 19.4 Å². The van der Waals surface area contributed by atoms with Crippen LogP contribution in [0, 0.1) is 12.7 Å². The molecule has 126 valence electrons. The van der Waals surface area contributed by atoms with Crippen LogP contribution in [0.4, 0.5) is 10.2 Å². The first-order valence-corrected chi connectivity index (χ1v) is 8.00. The van der Waals surface area contributed by atoms with Crippen LogP contribution < -0.4 is 16.6 Å². The zero-order valence-electron chi connectivity index (χ0n) is 13.5. The van der Waals surface area contributed by atoms with Gasteiger partial charge in [0.05, 0.1) is 17.3 Å². The number of rotatable bonds is 2. The van der Waals surface area contributed by atoms with Crippen LogP contribution in [0.5, 0.6) is 0 Å². The number of nitrogens with zero attached hydrogens (tertiary/aromatic N) is 1. The van der Waals surface area contributed by atoms with Crippen molar-refractivity contribution in [3.05, 3.63) is 91.9 Å². The Morgan fingerprint density at radius 2 is 1.88 bits per heavy atom. The topological polar surface area (TPSA) is 66.9 Å². The highest BCUT2D eigenvalue weighted by Gasteiger charge is 2.27. The van der Waals surface area contributed by atoms with Gasteiger partial charge in [-0.15, -0.1) is 0 Å². The first kappa shape index (κ1) is 15.4. The lowest BCUT2D eigenvalue weighted by atomic mass is 10.0. The van der Waals surface area contributed by atoms with Crippen molar-refractivity contribution in [3.8, 4) is 5.69 Å². The molecule has 1 atom stereocenters. The molecular formula is C19H16FN3O2. The van der Waals surface area contributed by atoms with Crippen LogP contribution in [-0.4, -0.2) is 9.55 Å². The number of anilines is 1. The van der Waals surface area contributed by atoms with Gasteiger partial charge < -0.3 is 5.32 Å². The summed E-state index contributed by atoms with van der Waals surface area (Å²) < 4.78 is 14.7.